The van der Waals surface area contributed by atoms with E-state index < -0.39 is 0 Å². The number of fused-ring (bicyclic) bond motifs is 7. The third-order valence-electron chi connectivity index (χ3n) is 10.7. The zero-order valence-electron chi connectivity index (χ0n) is 29.7. The molecule has 258 valence electrons. The first-order valence-electron chi connectivity index (χ1n) is 18.5. The second kappa shape index (κ2) is 12.6. The highest BCUT2D eigenvalue weighted by Gasteiger charge is 2.19. The summed E-state index contributed by atoms with van der Waals surface area (Å²) in [6.07, 6.45) is 0. The molecule has 9 aromatic carbocycles. The SMILES string of the molecule is c1ccc(-c2ccc(N(c3ccc(-c4ccc5oc6cc(-c7nc8ccccc8o7)c7ccccc7c6c5c4)cc3)c3ccc4ccccc4c3)cc2)cc1. The van der Waals surface area contributed by atoms with Crippen molar-refractivity contribution in [1.29, 1.82) is 0 Å². The summed E-state index contributed by atoms with van der Waals surface area (Å²) >= 11 is 0. The minimum Gasteiger partial charge on any atom is -0.456 e. The molecule has 11 aromatic rings. The first-order valence-corrected chi connectivity index (χ1v) is 18.5. The van der Waals surface area contributed by atoms with Crippen molar-refractivity contribution in [2.45, 2.75) is 0 Å². The van der Waals surface area contributed by atoms with Gasteiger partial charge in [-0.1, -0.05) is 127 Å². The highest BCUT2D eigenvalue weighted by molar-refractivity contribution is 6.22. The third kappa shape index (κ3) is 5.34. The van der Waals surface area contributed by atoms with Gasteiger partial charge >= 0.3 is 0 Å². The van der Waals surface area contributed by atoms with Crippen LogP contribution in [0.4, 0.5) is 17.1 Å². The van der Waals surface area contributed by atoms with Crippen LogP contribution in [0.25, 0.3) is 88.3 Å². The minimum atomic E-state index is 0.588. The highest BCUT2D eigenvalue weighted by Crippen LogP contribution is 2.42. The van der Waals surface area contributed by atoms with Gasteiger partial charge in [-0.15, -0.1) is 0 Å². The summed E-state index contributed by atoms with van der Waals surface area (Å²) in [6.45, 7) is 0. The van der Waals surface area contributed by atoms with Crippen LogP contribution < -0.4 is 4.90 Å². The average molecular weight is 705 g/mol. The molecule has 0 spiro atoms. The average Bonchev–Trinajstić information content (AvgIpc) is 3.86. The predicted octanol–water partition coefficient (Wildman–Crippen LogP) is 14.5. The van der Waals surface area contributed by atoms with Gasteiger partial charge in [0.2, 0.25) is 5.89 Å². The molecule has 0 saturated carbocycles. The van der Waals surface area contributed by atoms with Crippen LogP contribution in [0.1, 0.15) is 0 Å². The molecule has 0 fully saturated rings. The Kier molecular flexibility index (Phi) is 7.14. The molecule has 55 heavy (non-hydrogen) atoms. The molecule has 0 saturated heterocycles. The van der Waals surface area contributed by atoms with E-state index in [-0.39, 0.29) is 0 Å². The Labute approximate surface area is 317 Å². The molecule has 4 heteroatoms. The van der Waals surface area contributed by atoms with E-state index in [1.807, 2.05) is 24.3 Å². The Bertz CT molecular complexity index is 3160. The maximum absolute atomic E-state index is 6.53. The third-order valence-corrected chi connectivity index (χ3v) is 10.7. The van der Waals surface area contributed by atoms with Crippen molar-refractivity contribution in [3.63, 3.8) is 0 Å². The van der Waals surface area contributed by atoms with Crippen LogP contribution in [0.3, 0.4) is 0 Å². The van der Waals surface area contributed by atoms with Gasteiger partial charge in [-0.2, -0.15) is 0 Å². The fourth-order valence-corrected chi connectivity index (χ4v) is 7.98. The second-order valence-corrected chi connectivity index (χ2v) is 14.0. The number of nitrogens with zero attached hydrogens (tertiary/aromatic N) is 2. The summed E-state index contributed by atoms with van der Waals surface area (Å²) in [5.41, 5.74) is 12.1. The van der Waals surface area contributed by atoms with Crippen LogP contribution in [0.5, 0.6) is 0 Å². The van der Waals surface area contributed by atoms with Crippen molar-refractivity contribution >= 4 is 71.6 Å². The lowest BCUT2D eigenvalue weighted by Crippen LogP contribution is -2.09. The summed E-state index contributed by atoms with van der Waals surface area (Å²) in [7, 11) is 0. The van der Waals surface area contributed by atoms with Crippen LogP contribution >= 0.6 is 0 Å². The van der Waals surface area contributed by atoms with Crippen molar-refractivity contribution in [2.75, 3.05) is 4.90 Å². The van der Waals surface area contributed by atoms with Crippen molar-refractivity contribution in [1.82, 2.24) is 4.98 Å². The van der Waals surface area contributed by atoms with Gasteiger partial charge in [-0.3, -0.25) is 0 Å². The Morgan fingerprint density at radius 1 is 0.364 bits per heavy atom. The number of para-hydroxylation sites is 2. The lowest BCUT2D eigenvalue weighted by molar-refractivity contribution is 0.620. The van der Waals surface area contributed by atoms with E-state index in [2.05, 4.69) is 175 Å². The van der Waals surface area contributed by atoms with E-state index in [9.17, 15) is 0 Å². The lowest BCUT2D eigenvalue weighted by atomic mass is 9.97. The predicted molar refractivity (Wildman–Crippen MR) is 227 cm³/mol. The highest BCUT2D eigenvalue weighted by atomic mass is 16.3. The lowest BCUT2D eigenvalue weighted by Gasteiger charge is -2.26. The van der Waals surface area contributed by atoms with Gasteiger partial charge in [0, 0.05) is 33.4 Å². The maximum Gasteiger partial charge on any atom is 0.228 e. The summed E-state index contributed by atoms with van der Waals surface area (Å²) in [6, 6.07) is 68.3. The van der Waals surface area contributed by atoms with Crippen LogP contribution in [0, 0.1) is 0 Å². The summed E-state index contributed by atoms with van der Waals surface area (Å²) < 4.78 is 12.8. The molecule has 0 N–H and O–H groups in total. The van der Waals surface area contributed by atoms with Gasteiger partial charge < -0.3 is 13.7 Å². The standard InChI is InChI=1S/C51H32N2O2/c1-2-10-33(11-3-1)35-18-24-39(25-19-35)53(41-28-22-34-12-4-5-13-37(34)30-41)40-26-20-36(21-27-40)38-23-29-47-45(31-38)50-43-15-7-6-14-42(43)44(32-49(50)54-47)51-52-46-16-8-9-17-48(46)55-51/h1-32H. The topological polar surface area (TPSA) is 42.4 Å². The number of benzene rings is 9. The van der Waals surface area contributed by atoms with E-state index in [1.165, 1.54) is 21.9 Å². The van der Waals surface area contributed by atoms with E-state index in [1.54, 1.807) is 0 Å². The van der Waals surface area contributed by atoms with Gasteiger partial charge in [0.15, 0.2) is 5.58 Å². The number of oxazole rings is 1. The largest absolute Gasteiger partial charge is 0.456 e. The van der Waals surface area contributed by atoms with Gasteiger partial charge in [0.25, 0.3) is 0 Å². The maximum atomic E-state index is 6.53. The molecule has 0 radical (unpaired) electrons. The summed E-state index contributed by atoms with van der Waals surface area (Å²) in [5, 5.41) is 6.77. The van der Waals surface area contributed by atoms with Gasteiger partial charge in [0.05, 0.1) is 0 Å². The normalized spacial score (nSPS) is 11.6. The molecule has 2 aromatic heterocycles. The molecule has 0 unspecified atom stereocenters. The number of furan rings is 1. The van der Waals surface area contributed by atoms with Crippen LogP contribution in [-0.4, -0.2) is 4.98 Å². The van der Waals surface area contributed by atoms with Crippen molar-refractivity contribution in [3.8, 4) is 33.7 Å². The second-order valence-electron chi connectivity index (χ2n) is 14.0. The molecular formula is C51H32N2O2. The number of hydrogen-bond acceptors (Lipinski definition) is 4. The first-order chi connectivity index (χ1) is 27.2. The van der Waals surface area contributed by atoms with Crippen LogP contribution in [0.15, 0.2) is 203 Å². The molecular weight excluding hydrogens is 673 g/mol. The summed E-state index contributed by atoms with van der Waals surface area (Å²) in [4.78, 5) is 7.16. The van der Waals surface area contributed by atoms with E-state index >= 15 is 0 Å². The summed E-state index contributed by atoms with van der Waals surface area (Å²) in [5.74, 6) is 0.588. The zero-order chi connectivity index (χ0) is 36.3. The van der Waals surface area contributed by atoms with Crippen molar-refractivity contribution in [2.24, 2.45) is 0 Å². The molecule has 0 atom stereocenters. The quantitative estimate of drug-likeness (QED) is 0.173. The zero-order valence-corrected chi connectivity index (χ0v) is 29.7. The molecule has 0 aliphatic heterocycles. The van der Waals surface area contributed by atoms with E-state index in [0.29, 0.717) is 5.89 Å². The van der Waals surface area contributed by atoms with Gasteiger partial charge in [-0.05, 0) is 111 Å². The fraction of sp³-hybridized carbons (Fsp3) is 0. The van der Waals surface area contributed by atoms with E-state index in [0.717, 1.165) is 77.6 Å². The smallest absolute Gasteiger partial charge is 0.228 e. The number of aromatic nitrogens is 1. The first kappa shape index (κ1) is 31.1. The Balaban J connectivity index is 0.998. The molecule has 0 aliphatic carbocycles. The molecule has 4 nitrogen and oxygen atoms in total. The van der Waals surface area contributed by atoms with Crippen molar-refractivity contribution < 1.29 is 8.83 Å². The van der Waals surface area contributed by atoms with E-state index in [4.69, 9.17) is 13.8 Å². The fourth-order valence-electron chi connectivity index (χ4n) is 7.98. The number of hydrogen-bond donors (Lipinski definition) is 0. The Morgan fingerprint density at radius 3 is 1.76 bits per heavy atom. The van der Waals surface area contributed by atoms with Crippen molar-refractivity contribution in [3.05, 3.63) is 194 Å². The van der Waals surface area contributed by atoms with Crippen LogP contribution in [-0.2, 0) is 0 Å². The molecule has 11 rings (SSSR count). The minimum absolute atomic E-state index is 0.588. The monoisotopic (exact) mass is 704 g/mol. The molecule has 0 bridgehead atoms. The Morgan fingerprint density at radius 2 is 0.982 bits per heavy atom. The molecule has 0 aliphatic rings. The molecule has 0 amide bonds. The number of anilines is 3. The molecule has 2 heterocycles. The number of rotatable bonds is 6. The van der Waals surface area contributed by atoms with Gasteiger partial charge in [-0.25, -0.2) is 4.98 Å². The Hall–Kier alpha value is -7.43. The van der Waals surface area contributed by atoms with Gasteiger partial charge in [0.1, 0.15) is 16.7 Å². The van der Waals surface area contributed by atoms with Crippen LogP contribution in [0.2, 0.25) is 0 Å².